The Morgan fingerprint density at radius 3 is 2.29 bits per heavy atom. The summed E-state index contributed by atoms with van der Waals surface area (Å²) in [5.41, 5.74) is 1.23. The molecule has 1 aliphatic rings. The summed E-state index contributed by atoms with van der Waals surface area (Å²) in [6.07, 6.45) is 0. The number of pyridine rings is 1. The van der Waals surface area contributed by atoms with Gasteiger partial charge in [-0.2, -0.15) is 0 Å². The fourth-order valence-corrected chi connectivity index (χ4v) is 4.41. The largest absolute Gasteiger partial charge is 0.368 e. The monoisotopic (exact) mass is 483 g/mol. The van der Waals surface area contributed by atoms with E-state index >= 15 is 0 Å². The second kappa shape index (κ2) is 9.62. The van der Waals surface area contributed by atoms with E-state index in [-0.39, 0.29) is 28.8 Å². The van der Waals surface area contributed by atoms with Crippen LogP contribution in [0, 0.1) is 5.92 Å². The Morgan fingerprint density at radius 1 is 1.06 bits per heavy atom. The van der Waals surface area contributed by atoms with E-state index in [2.05, 4.69) is 14.9 Å². The Balaban J connectivity index is 1.72. The number of benzene rings is 1. The normalized spacial score (nSPS) is 14.4. The van der Waals surface area contributed by atoms with Crippen molar-refractivity contribution < 1.29 is 4.79 Å². The summed E-state index contributed by atoms with van der Waals surface area (Å²) < 4.78 is 1.47. The first-order chi connectivity index (χ1) is 16.2. The van der Waals surface area contributed by atoms with Gasteiger partial charge in [-0.3, -0.25) is 19.1 Å². The molecule has 180 valence electrons. The van der Waals surface area contributed by atoms with E-state index in [4.69, 9.17) is 11.6 Å². The minimum absolute atomic E-state index is 0.0274. The van der Waals surface area contributed by atoms with Gasteiger partial charge in [-0.25, -0.2) is 9.78 Å². The maximum absolute atomic E-state index is 13.7. The predicted octanol–water partition coefficient (Wildman–Crippen LogP) is 3.48. The molecule has 1 aromatic carbocycles. The molecule has 0 spiro atoms. The van der Waals surface area contributed by atoms with Gasteiger partial charge >= 0.3 is 5.69 Å². The Morgan fingerprint density at radius 2 is 1.71 bits per heavy atom. The van der Waals surface area contributed by atoms with Crippen molar-refractivity contribution in [1.82, 2.24) is 19.4 Å². The highest BCUT2D eigenvalue weighted by Crippen LogP contribution is 2.24. The first kappa shape index (κ1) is 24.0. The molecule has 0 unspecified atom stereocenters. The van der Waals surface area contributed by atoms with Crippen molar-refractivity contribution in [2.24, 2.45) is 5.92 Å². The number of H-pyrrole nitrogens is 1. The lowest BCUT2D eigenvalue weighted by Gasteiger charge is -2.36. The van der Waals surface area contributed by atoms with Crippen molar-refractivity contribution in [2.45, 2.75) is 40.2 Å². The molecular formula is C25H30ClN5O3. The molecule has 1 saturated heterocycles. The van der Waals surface area contributed by atoms with E-state index in [1.54, 1.807) is 11.0 Å². The Kier molecular flexibility index (Phi) is 6.79. The van der Waals surface area contributed by atoms with Crippen molar-refractivity contribution in [3.8, 4) is 0 Å². The van der Waals surface area contributed by atoms with Gasteiger partial charge in [0, 0.05) is 49.1 Å². The highest BCUT2D eigenvalue weighted by molar-refractivity contribution is 6.30. The van der Waals surface area contributed by atoms with Gasteiger partial charge in [0.2, 0.25) is 0 Å². The minimum Gasteiger partial charge on any atom is -0.368 e. The van der Waals surface area contributed by atoms with E-state index < -0.39 is 11.2 Å². The zero-order chi connectivity index (χ0) is 24.6. The topological polar surface area (TPSA) is 91.3 Å². The van der Waals surface area contributed by atoms with E-state index in [9.17, 15) is 14.4 Å². The summed E-state index contributed by atoms with van der Waals surface area (Å²) in [7, 11) is 0. The SMILES string of the molecule is CC(C)Cn1c(=O)[nH]c(=O)c2c(C(=O)N3CCN(c4ccc(Cl)cc4)CC3)cc(C(C)C)nc21. The van der Waals surface area contributed by atoms with Crippen LogP contribution in [-0.2, 0) is 6.54 Å². The molecule has 0 atom stereocenters. The van der Waals surface area contributed by atoms with Crippen LogP contribution in [0.3, 0.4) is 0 Å². The van der Waals surface area contributed by atoms with Gasteiger partial charge in [0.15, 0.2) is 5.65 Å². The van der Waals surface area contributed by atoms with E-state index in [0.29, 0.717) is 49.0 Å². The number of fused-ring (bicyclic) bond motifs is 1. The Hall–Kier alpha value is -3.13. The highest BCUT2D eigenvalue weighted by atomic mass is 35.5. The van der Waals surface area contributed by atoms with Crippen molar-refractivity contribution in [3.63, 3.8) is 0 Å². The number of amides is 1. The zero-order valence-electron chi connectivity index (χ0n) is 20.0. The number of anilines is 1. The molecule has 0 radical (unpaired) electrons. The van der Waals surface area contributed by atoms with Crippen molar-refractivity contribution in [1.29, 1.82) is 0 Å². The number of rotatable bonds is 5. The lowest BCUT2D eigenvalue weighted by atomic mass is 10.0. The lowest BCUT2D eigenvalue weighted by molar-refractivity contribution is 0.0748. The summed E-state index contributed by atoms with van der Waals surface area (Å²) >= 11 is 6.00. The third-order valence-corrected chi connectivity index (χ3v) is 6.35. The van der Waals surface area contributed by atoms with Gasteiger partial charge in [-0.05, 0) is 42.2 Å². The van der Waals surface area contributed by atoms with Crippen LogP contribution in [0.15, 0.2) is 39.9 Å². The maximum atomic E-state index is 13.7. The molecule has 3 aromatic rings. The number of hydrogen-bond acceptors (Lipinski definition) is 5. The molecule has 9 heteroatoms. The summed E-state index contributed by atoms with van der Waals surface area (Å²) in [6, 6.07) is 9.36. The average Bonchev–Trinajstić information content (AvgIpc) is 2.81. The fourth-order valence-electron chi connectivity index (χ4n) is 4.28. The molecule has 1 amide bonds. The third kappa shape index (κ3) is 4.73. The molecule has 1 N–H and O–H groups in total. The quantitative estimate of drug-likeness (QED) is 0.600. The van der Waals surface area contributed by atoms with Crippen LogP contribution < -0.4 is 16.1 Å². The van der Waals surface area contributed by atoms with Gasteiger partial charge < -0.3 is 9.80 Å². The van der Waals surface area contributed by atoms with Gasteiger partial charge in [0.1, 0.15) is 0 Å². The first-order valence-corrected chi connectivity index (χ1v) is 12.0. The molecule has 2 aromatic heterocycles. The molecule has 3 heterocycles. The minimum atomic E-state index is -0.578. The number of piperazine rings is 1. The summed E-state index contributed by atoms with van der Waals surface area (Å²) in [5.74, 6) is -0.0266. The fraction of sp³-hybridized carbons (Fsp3) is 0.440. The number of carbonyl (C=O) groups excluding carboxylic acids is 1. The Labute approximate surface area is 203 Å². The lowest BCUT2D eigenvalue weighted by Crippen LogP contribution is -2.49. The number of aromatic amines is 1. The van der Waals surface area contributed by atoms with E-state index in [1.807, 2.05) is 52.0 Å². The van der Waals surface area contributed by atoms with Gasteiger partial charge in [-0.1, -0.05) is 39.3 Å². The smallest absolute Gasteiger partial charge is 0.330 e. The van der Waals surface area contributed by atoms with Crippen LogP contribution in [0.1, 0.15) is 49.7 Å². The molecule has 1 aliphatic heterocycles. The molecule has 0 aliphatic carbocycles. The van der Waals surface area contributed by atoms with E-state index in [0.717, 1.165) is 5.69 Å². The standard InChI is InChI=1S/C25H30ClN5O3/c1-15(2)14-31-22-21(23(32)28-25(31)34)19(13-20(27-22)16(3)4)24(33)30-11-9-29(10-12-30)18-7-5-17(26)6-8-18/h5-8,13,15-16H,9-12,14H2,1-4H3,(H,28,32,34). The van der Waals surface area contributed by atoms with Gasteiger partial charge in [0.05, 0.1) is 10.9 Å². The molecule has 0 saturated carbocycles. The molecule has 34 heavy (non-hydrogen) atoms. The van der Waals surface area contributed by atoms with Crippen molar-refractivity contribution in [3.05, 3.63) is 67.4 Å². The number of nitrogens with zero attached hydrogens (tertiary/aromatic N) is 4. The number of carbonyl (C=O) groups is 1. The second-order valence-corrected chi connectivity index (χ2v) is 9.90. The van der Waals surface area contributed by atoms with Crippen LogP contribution in [-0.4, -0.2) is 51.5 Å². The molecular weight excluding hydrogens is 454 g/mol. The average molecular weight is 484 g/mol. The molecule has 4 rings (SSSR count). The second-order valence-electron chi connectivity index (χ2n) is 9.47. The number of hydrogen-bond donors (Lipinski definition) is 1. The van der Waals surface area contributed by atoms with Gasteiger partial charge in [-0.15, -0.1) is 0 Å². The molecule has 0 bridgehead atoms. The number of halogens is 1. The summed E-state index contributed by atoms with van der Waals surface area (Å²) in [5, 5.41) is 0.860. The van der Waals surface area contributed by atoms with E-state index in [1.165, 1.54) is 4.57 Å². The number of nitrogens with one attached hydrogen (secondary N) is 1. The van der Waals surface area contributed by atoms with Crippen LogP contribution in [0.5, 0.6) is 0 Å². The first-order valence-electron chi connectivity index (χ1n) is 11.6. The van der Waals surface area contributed by atoms with Crippen LogP contribution in [0.25, 0.3) is 11.0 Å². The molecule has 8 nitrogen and oxygen atoms in total. The zero-order valence-corrected chi connectivity index (χ0v) is 20.7. The van der Waals surface area contributed by atoms with Crippen molar-refractivity contribution >= 4 is 34.2 Å². The predicted molar refractivity (Wildman–Crippen MR) is 135 cm³/mol. The van der Waals surface area contributed by atoms with Crippen molar-refractivity contribution in [2.75, 3.05) is 31.1 Å². The van der Waals surface area contributed by atoms with Crippen LogP contribution in [0.4, 0.5) is 5.69 Å². The maximum Gasteiger partial charge on any atom is 0.330 e. The summed E-state index contributed by atoms with van der Waals surface area (Å²) in [6.45, 7) is 10.7. The highest BCUT2D eigenvalue weighted by Gasteiger charge is 2.27. The van der Waals surface area contributed by atoms with Gasteiger partial charge in [0.25, 0.3) is 11.5 Å². The summed E-state index contributed by atoms with van der Waals surface area (Å²) in [4.78, 5) is 50.2. The number of aromatic nitrogens is 3. The molecule has 1 fully saturated rings. The third-order valence-electron chi connectivity index (χ3n) is 6.10. The Bertz CT molecular complexity index is 1320. The van der Waals surface area contributed by atoms with Crippen LogP contribution >= 0.6 is 11.6 Å². The van der Waals surface area contributed by atoms with Crippen LogP contribution in [0.2, 0.25) is 5.02 Å².